The molecule has 1 aromatic rings. The van der Waals surface area contributed by atoms with Crippen LogP contribution in [-0.4, -0.2) is 18.1 Å². The molecule has 1 aliphatic carbocycles. The predicted molar refractivity (Wildman–Crippen MR) is 69.1 cm³/mol. The van der Waals surface area contributed by atoms with Crippen LogP contribution in [0.5, 0.6) is 5.75 Å². The molecule has 3 heteroatoms. The molecule has 0 aliphatic heterocycles. The Hall–Kier alpha value is -1.09. The Labute approximate surface area is 104 Å². The first kappa shape index (κ1) is 12.4. The van der Waals surface area contributed by atoms with Crippen molar-refractivity contribution in [1.82, 2.24) is 10.3 Å². The maximum Gasteiger partial charge on any atom is 0.123 e. The van der Waals surface area contributed by atoms with Gasteiger partial charge in [-0.1, -0.05) is 12.8 Å². The Balaban J connectivity index is 1.94. The van der Waals surface area contributed by atoms with Crippen molar-refractivity contribution in [3.63, 3.8) is 0 Å². The smallest absolute Gasteiger partial charge is 0.123 e. The van der Waals surface area contributed by atoms with E-state index < -0.39 is 0 Å². The molecule has 1 aliphatic rings. The van der Waals surface area contributed by atoms with Crippen LogP contribution in [0.4, 0.5) is 0 Å². The van der Waals surface area contributed by atoms with Crippen LogP contribution in [0.15, 0.2) is 18.3 Å². The molecule has 0 unspecified atom stereocenters. The summed E-state index contributed by atoms with van der Waals surface area (Å²) < 4.78 is 6.05. The maximum absolute atomic E-state index is 6.05. The summed E-state index contributed by atoms with van der Waals surface area (Å²) >= 11 is 0. The number of ether oxygens (including phenoxy) is 1. The van der Waals surface area contributed by atoms with E-state index in [1.165, 1.54) is 38.5 Å². The average molecular weight is 234 g/mol. The largest absolute Gasteiger partial charge is 0.490 e. The van der Waals surface area contributed by atoms with E-state index in [1.807, 2.05) is 25.4 Å². The topological polar surface area (TPSA) is 34.1 Å². The number of nitrogens with one attached hydrogen (secondary N) is 1. The monoisotopic (exact) mass is 234 g/mol. The van der Waals surface area contributed by atoms with Gasteiger partial charge < -0.3 is 10.1 Å². The van der Waals surface area contributed by atoms with Crippen LogP contribution >= 0.6 is 0 Å². The van der Waals surface area contributed by atoms with Gasteiger partial charge in [0.25, 0.3) is 0 Å². The fraction of sp³-hybridized carbons (Fsp3) is 0.643. The van der Waals surface area contributed by atoms with Crippen LogP contribution in [0.3, 0.4) is 0 Å². The van der Waals surface area contributed by atoms with Gasteiger partial charge in [-0.05, 0) is 38.8 Å². The highest BCUT2D eigenvalue weighted by Crippen LogP contribution is 2.22. The number of hydrogen-bond acceptors (Lipinski definition) is 3. The Morgan fingerprint density at radius 3 is 2.76 bits per heavy atom. The standard InChI is InChI=1S/C14H22N2O/c1-15-11-12-10-14(8-9-16-12)17-13-6-4-2-3-5-7-13/h8-10,13,15H,2-7,11H2,1H3. The number of nitrogens with zero attached hydrogens (tertiary/aromatic N) is 1. The van der Waals surface area contributed by atoms with Crippen LogP contribution in [0.1, 0.15) is 44.2 Å². The molecule has 1 heterocycles. The van der Waals surface area contributed by atoms with E-state index in [0.717, 1.165) is 18.0 Å². The van der Waals surface area contributed by atoms with Crippen molar-refractivity contribution < 1.29 is 4.74 Å². The summed E-state index contributed by atoms with van der Waals surface area (Å²) in [5.74, 6) is 0.970. The third kappa shape index (κ3) is 4.00. The molecule has 2 rings (SSSR count). The molecule has 3 nitrogen and oxygen atoms in total. The molecule has 94 valence electrons. The first-order chi connectivity index (χ1) is 8.38. The molecule has 1 aromatic heterocycles. The van der Waals surface area contributed by atoms with E-state index >= 15 is 0 Å². The number of hydrogen-bond donors (Lipinski definition) is 1. The lowest BCUT2D eigenvalue weighted by molar-refractivity contribution is 0.183. The highest BCUT2D eigenvalue weighted by molar-refractivity contribution is 5.22. The lowest BCUT2D eigenvalue weighted by Crippen LogP contribution is -2.15. The zero-order valence-corrected chi connectivity index (χ0v) is 10.6. The third-order valence-electron chi connectivity index (χ3n) is 3.25. The van der Waals surface area contributed by atoms with E-state index in [0.29, 0.717) is 6.10 Å². The summed E-state index contributed by atoms with van der Waals surface area (Å²) in [6.45, 7) is 0.794. The summed E-state index contributed by atoms with van der Waals surface area (Å²) in [6.07, 6.45) is 9.97. The first-order valence-corrected chi connectivity index (χ1v) is 6.64. The van der Waals surface area contributed by atoms with Gasteiger partial charge in [-0.15, -0.1) is 0 Å². The second-order valence-corrected chi connectivity index (χ2v) is 4.74. The van der Waals surface area contributed by atoms with Gasteiger partial charge in [0.2, 0.25) is 0 Å². The van der Waals surface area contributed by atoms with Gasteiger partial charge in [0.05, 0.1) is 11.8 Å². The molecule has 0 spiro atoms. The lowest BCUT2D eigenvalue weighted by Gasteiger charge is -2.17. The van der Waals surface area contributed by atoms with Gasteiger partial charge in [-0.3, -0.25) is 4.98 Å². The van der Waals surface area contributed by atoms with E-state index in [-0.39, 0.29) is 0 Å². The molecule has 0 atom stereocenters. The highest BCUT2D eigenvalue weighted by Gasteiger charge is 2.13. The van der Waals surface area contributed by atoms with Gasteiger partial charge in [-0.25, -0.2) is 0 Å². The van der Waals surface area contributed by atoms with Gasteiger partial charge in [0, 0.05) is 18.8 Å². The zero-order chi connectivity index (χ0) is 11.9. The van der Waals surface area contributed by atoms with Crippen LogP contribution < -0.4 is 10.1 Å². The van der Waals surface area contributed by atoms with Crippen molar-refractivity contribution in [2.45, 2.75) is 51.2 Å². The summed E-state index contributed by atoms with van der Waals surface area (Å²) in [7, 11) is 1.93. The predicted octanol–water partition coefficient (Wildman–Crippen LogP) is 2.90. The van der Waals surface area contributed by atoms with E-state index in [2.05, 4.69) is 10.3 Å². The zero-order valence-electron chi connectivity index (χ0n) is 10.6. The summed E-state index contributed by atoms with van der Waals surface area (Å²) in [5.41, 5.74) is 1.04. The van der Waals surface area contributed by atoms with Crippen molar-refractivity contribution in [3.8, 4) is 5.75 Å². The minimum Gasteiger partial charge on any atom is -0.490 e. The number of aromatic nitrogens is 1. The molecule has 1 saturated carbocycles. The molecule has 0 saturated heterocycles. The lowest BCUT2D eigenvalue weighted by atomic mass is 10.1. The fourth-order valence-corrected chi connectivity index (χ4v) is 2.36. The van der Waals surface area contributed by atoms with E-state index in [4.69, 9.17) is 4.74 Å². The van der Waals surface area contributed by atoms with Gasteiger partial charge >= 0.3 is 0 Å². The second kappa shape index (κ2) is 6.60. The minimum atomic E-state index is 0.405. The first-order valence-electron chi connectivity index (χ1n) is 6.64. The number of pyridine rings is 1. The Morgan fingerprint density at radius 1 is 1.29 bits per heavy atom. The molecule has 17 heavy (non-hydrogen) atoms. The third-order valence-corrected chi connectivity index (χ3v) is 3.25. The average Bonchev–Trinajstić information content (AvgIpc) is 2.59. The van der Waals surface area contributed by atoms with Crippen molar-refractivity contribution in [3.05, 3.63) is 24.0 Å². The van der Waals surface area contributed by atoms with Gasteiger partial charge in [-0.2, -0.15) is 0 Å². The summed E-state index contributed by atoms with van der Waals surface area (Å²) in [5, 5.41) is 3.11. The molecular formula is C14H22N2O. The van der Waals surface area contributed by atoms with Crippen molar-refractivity contribution in [1.29, 1.82) is 0 Å². The van der Waals surface area contributed by atoms with Crippen LogP contribution in [-0.2, 0) is 6.54 Å². The van der Waals surface area contributed by atoms with Crippen molar-refractivity contribution >= 4 is 0 Å². The van der Waals surface area contributed by atoms with Crippen LogP contribution in [0, 0.1) is 0 Å². The normalized spacial score (nSPS) is 17.7. The Morgan fingerprint density at radius 2 is 2.06 bits per heavy atom. The highest BCUT2D eigenvalue weighted by atomic mass is 16.5. The molecule has 0 radical (unpaired) electrons. The summed E-state index contributed by atoms with van der Waals surface area (Å²) in [4.78, 5) is 4.30. The molecule has 1 fully saturated rings. The molecule has 0 aromatic carbocycles. The van der Waals surface area contributed by atoms with Gasteiger partial charge in [0.15, 0.2) is 0 Å². The fourth-order valence-electron chi connectivity index (χ4n) is 2.36. The Bertz CT molecular complexity index is 333. The SMILES string of the molecule is CNCc1cc(OC2CCCCCC2)ccn1. The van der Waals surface area contributed by atoms with Crippen molar-refractivity contribution in [2.75, 3.05) is 7.05 Å². The van der Waals surface area contributed by atoms with Gasteiger partial charge in [0.1, 0.15) is 5.75 Å². The van der Waals surface area contributed by atoms with Crippen LogP contribution in [0.2, 0.25) is 0 Å². The molecule has 0 amide bonds. The van der Waals surface area contributed by atoms with Crippen molar-refractivity contribution in [2.24, 2.45) is 0 Å². The maximum atomic E-state index is 6.05. The number of rotatable bonds is 4. The van der Waals surface area contributed by atoms with E-state index in [1.54, 1.807) is 0 Å². The minimum absolute atomic E-state index is 0.405. The quantitative estimate of drug-likeness (QED) is 0.813. The van der Waals surface area contributed by atoms with Crippen LogP contribution in [0.25, 0.3) is 0 Å². The summed E-state index contributed by atoms with van der Waals surface area (Å²) in [6, 6.07) is 4.01. The van der Waals surface area contributed by atoms with E-state index in [9.17, 15) is 0 Å². The Kier molecular flexibility index (Phi) is 4.80. The molecule has 0 bridgehead atoms. The molecular weight excluding hydrogens is 212 g/mol. The second-order valence-electron chi connectivity index (χ2n) is 4.74. The molecule has 1 N–H and O–H groups in total.